The van der Waals surface area contributed by atoms with Crippen molar-refractivity contribution in [2.24, 2.45) is 5.41 Å². The number of benzene rings is 1. The number of nitrogens with one attached hydrogen (secondary N) is 2. The number of hydrogen-bond acceptors (Lipinski definition) is 5. The van der Waals surface area contributed by atoms with Crippen LogP contribution in [0.1, 0.15) is 5.56 Å². The van der Waals surface area contributed by atoms with Gasteiger partial charge in [-0.05, 0) is 18.1 Å². The molecule has 114 valence electrons. The molecule has 4 amide bonds. The highest BCUT2D eigenvalue weighted by Crippen LogP contribution is 2.43. The summed E-state index contributed by atoms with van der Waals surface area (Å²) in [5, 5.41) is 4.48. The third kappa shape index (κ3) is 1.62. The highest BCUT2D eigenvalue weighted by atomic mass is 16.5. The molecule has 0 saturated carbocycles. The van der Waals surface area contributed by atoms with Crippen molar-refractivity contribution in [2.45, 2.75) is 12.5 Å². The Kier molecular flexibility index (Phi) is 2.74. The SMILES string of the molecule is O=C1NC(=O)C2(Cc3ccccc3N3CCOC[C@H]32)C(=O)N1. The van der Waals surface area contributed by atoms with Gasteiger partial charge >= 0.3 is 6.03 Å². The Balaban J connectivity index is 1.88. The van der Waals surface area contributed by atoms with E-state index in [1.807, 2.05) is 24.3 Å². The molecule has 7 nitrogen and oxygen atoms in total. The van der Waals surface area contributed by atoms with Gasteiger partial charge in [0.15, 0.2) is 5.41 Å². The summed E-state index contributed by atoms with van der Waals surface area (Å²) in [7, 11) is 0. The number of amides is 4. The van der Waals surface area contributed by atoms with E-state index < -0.39 is 29.3 Å². The number of urea groups is 1. The lowest BCUT2D eigenvalue weighted by Crippen LogP contribution is -2.73. The van der Waals surface area contributed by atoms with E-state index in [2.05, 4.69) is 15.5 Å². The van der Waals surface area contributed by atoms with E-state index in [1.54, 1.807) is 0 Å². The number of morpholine rings is 1. The highest BCUT2D eigenvalue weighted by Gasteiger charge is 2.60. The number of imide groups is 2. The van der Waals surface area contributed by atoms with E-state index in [4.69, 9.17) is 4.74 Å². The number of hydrogen-bond donors (Lipinski definition) is 2. The quantitative estimate of drug-likeness (QED) is 0.648. The van der Waals surface area contributed by atoms with Crippen LogP contribution in [0.15, 0.2) is 24.3 Å². The number of rotatable bonds is 0. The predicted octanol–water partition coefficient (Wildman–Crippen LogP) is -0.200. The molecule has 1 atom stereocenters. The molecule has 2 N–H and O–H groups in total. The van der Waals surface area contributed by atoms with E-state index >= 15 is 0 Å². The van der Waals surface area contributed by atoms with Gasteiger partial charge < -0.3 is 9.64 Å². The van der Waals surface area contributed by atoms with Crippen LogP contribution in [0.3, 0.4) is 0 Å². The molecule has 0 bridgehead atoms. The van der Waals surface area contributed by atoms with Gasteiger partial charge in [0.2, 0.25) is 11.8 Å². The second-order valence-corrected chi connectivity index (χ2v) is 5.80. The fourth-order valence-corrected chi connectivity index (χ4v) is 3.69. The summed E-state index contributed by atoms with van der Waals surface area (Å²) in [5.41, 5.74) is 0.627. The van der Waals surface area contributed by atoms with Crippen molar-refractivity contribution in [3.63, 3.8) is 0 Å². The zero-order valence-corrected chi connectivity index (χ0v) is 11.8. The third-order valence-electron chi connectivity index (χ3n) is 4.73. The van der Waals surface area contributed by atoms with Crippen molar-refractivity contribution in [1.29, 1.82) is 0 Å². The van der Waals surface area contributed by atoms with Gasteiger partial charge in [0.25, 0.3) is 0 Å². The number of carbonyl (C=O) groups excluding carboxylic acids is 3. The summed E-state index contributed by atoms with van der Waals surface area (Å²) in [4.78, 5) is 38.6. The molecule has 3 aliphatic rings. The minimum atomic E-state index is -1.33. The van der Waals surface area contributed by atoms with Gasteiger partial charge in [-0.2, -0.15) is 0 Å². The molecule has 2 fully saturated rings. The average Bonchev–Trinajstić information content (AvgIpc) is 2.52. The number of barbiturate groups is 1. The molecular formula is C15H15N3O4. The summed E-state index contributed by atoms with van der Waals surface area (Å²) in [5.74, 6) is -1.09. The van der Waals surface area contributed by atoms with E-state index in [-0.39, 0.29) is 13.0 Å². The Morgan fingerprint density at radius 2 is 1.86 bits per heavy atom. The Hall–Kier alpha value is -2.41. The van der Waals surface area contributed by atoms with Crippen LogP contribution >= 0.6 is 0 Å². The minimum absolute atomic E-state index is 0.263. The molecule has 1 spiro atoms. The van der Waals surface area contributed by atoms with Gasteiger partial charge in [-0.15, -0.1) is 0 Å². The van der Waals surface area contributed by atoms with E-state index in [9.17, 15) is 14.4 Å². The number of ether oxygens (including phenoxy) is 1. The van der Waals surface area contributed by atoms with Crippen LogP contribution in [-0.2, 0) is 20.7 Å². The molecule has 22 heavy (non-hydrogen) atoms. The van der Waals surface area contributed by atoms with Crippen LogP contribution in [0.5, 0.6) is 0 Å². The monoisotopic (exact) mass is 301 g/mol. The summed E-state index contributed by atoms with van der Waals surface area (Å²) in [6.07, 6.45) is 0.263. The average molecular weight is 301 g/mol. The van der Waals surface area contributed by atoms with Crippen LogP contribution in [0.4, 0.5) is 10.5 Å². The van der Waals surface area contributed by atoms with Crippen LogP contribution in [0, 0.1) is 5.41 Å². The summed E-state index contributed by atoms with van der Waals surface area (Å²) in [6.45, 7) is 1.43. The molecule has 0 unspecified atom stereocenters. The molecule has 3 aliphatic heterocycles. The number of carbonyl (C=O) groups is 3. The van der Waals surface area contributed by atoms with Crippen molar-refractivity contribution in [3.05, 3.63) is 29.8 Å². The first-order valence-electron chi connectivity index (χ1n) is 7.22. The normalized spacial score (nSPS) is 26.1. The number of fused-ring (bicyclic) bond motifs is 4. The lowest BCUT2D eigenvalue weighted by molar-refractivity contribution is -0.148. The lowest BCUT2D eigenvalue weighted by atomic mass is 9.69. The van der Waals surface area contributed by atoms with Gasteiger partial charge in [0.05, 0.1) is 19.3 Å². The number of nitrogens with zero attached hydrogens (tertiary/aromatic N) is 1. The molecule has 0 aromatic heterocycles. The van der Waals surface area contributed by atoms with E-state index in [0.29, 0.717) is 13.2 Å². The molecule has 4 rings (SSSR count). The van der Waals surface area contributed by atoms with E-state index in [1.165, 1.54) is 0 Å². The summed E-state index contributed by atoms with van der Waals surface area (Å²) >= 11 is 0. The Bertz CT molecular complexity index is 667. The maximum atomic E-state index is 12.6. The minimum Gasteiger partial charge on any atom is -0.377 e. The predicted molar refractivity (Wildman–Crippen MR) is 76.2 cm³/mol. The van der Waals surface area contributed by atoms with Crippen LogP contribution in [0.2, 0.25) is 0 Å². The zero-order chi connectivity index (χ0) is 15.3. The smallest absolute Gasteiger partial charge is 0.328 e. The Labute approximate surface area is 126 Å². The van der Waals surface area contributed by atoms with Crippen LogP contribution in [-0.4, -0.2) is 43.6 Å². The molecular weight excluding hydrogens is 286 g/mol. The van der Waals surface area contributed by atoms with Gasteiger partial charge in [-0.25, -0.2) is 4.79 Å². The van der Waals surface area contributed by atoms with Gasteiger partial charge in [0.1, 0.15) is 0 Å². The molecule has 2 saturated heterocycles. The highest BCUT2D eigenvalue weighted by molar-refractivity contribution is 6.20. The summed E-state index contributed by atoms with van der Waals surface area (Å²) < 4.78 is 5.52. The third-order valence-corrected chi connectivity index (χ3v) is 4.73. The second kappa shape index (κ2) is 4.54. The fraction of sp³-hybridized carbons (Fsp3) is 0.400. The zero-order valence-electron chi connectivity index (χ0n) is 11.8. The summed E-state index contributed by atoms with van der Waals surface area (Å²) in [6, 6.07) is 6.56. The van der Waals surface area contributed by atoms with E-state index in [0.717, 1.165) is 11.3 Å². The van der Waals surface area contributed by atoms with Gasteiger partial charge in [-0.1, -0.05) is 18.2 Å². The molecule has 7 heteroatoms. The first kappa shape index (κ1) is 13.3. The molecule has 3 heterocycles. The van der Waals surface area contributed by atoms with Crippen molar-refractivity contribution < 1.29 is 19.1 Å². The molecule has 1 aromatic carbocycles. The topological polar surface area (TPSA) is 87.7 Å². The van der Waals surface area contributed by atoms with Gasteiger partial charge in [0, 0.05) is 12.2 Å². The first-order valence-corrected chi connectivity index (χ1v) is 7.22. The largest absolute Gasteiger partial charge is 0.377 e. The second-order valence-electron chi connectivity index (χ2n) is 5.80. The maximum Gasteiger partial charge on any atom is 0.328 e. The molecule has 0 radical (unpaired) electrons. The Morgan fingerprint density at radius 3 is 2.64 bits per heavy atom. The van der Waals surface area contributed by atoms with Crippen LogP contribution < -0.4 is 15.5 Å². The number of anilines is 1. The Morgan fingerprint density at radius 1 is 1.14 bits per heavy atom. The maximum absolute atomic E-state index is 12.6. The number of para-hydroxylation sites is 1. The van der Waals surface area contributed by atoms with Crippen molar-refractivity contribution in [3.8, 4) is 0 Å². The first-order chi connectivity index (χ1) is 10.6. The van der Waals surface area contributed by atoms with Crippen molar-refractivity contribution in [2.75, 3.05) is 24.7 Å². The fourth-order valence-electron chi connectivity index (χ4n) is 3.69. The lowest BCUT2D eigenvalue weighted by Gasteiger charge is -2.51. The van der Waals surface area contributed by atoms with Crippen molar-refractivity contribution >= 4 is 23.5 Å². The molecule has 0 aliphatic carbocycles. The van der Waals surface area contributed by atoms with Gasteiger partial charge in [-0.3, -0.25) is 20.2 Å². The molecule has 1 aromatic rings. The standard InChI is InChI=1S/C15H15N3O4/c19-12-15(13(20)17-14(21)16-12)7-9-3-1-2-4-10(9)18-5-6-22-8-11(15)18/h1-4,11H,5-8H2,(H2,16,17,19,20,21)/t11-/m0/s1. The van der Waals surface area contributed by atoms with Crippen molar-refractivity contribution in [1.82, 2.24) is 10.6 Å². The van der Waals surface area contributed by atoms with Crippen LogP contribution in [0.25, 0.3) is 0 Å².